The fraction of sp³-hybridized carbons (Fsp3) is 0.240. The fourth-order valence-corrected chi connectivity index (χ4v) is 3.42. The van der Waals surface area contributed by atoms with E-state index in [2.05, 4.69) is 36.5 Å². The van der Waals surface area contributed by atoms with Crippen molar-refractivity contribution >= 4 is 11.6 Å². The molecule has 0 saturated heterocycles. The molecule has 0 spiro atoms. The van der Waals surface area contributed by atoms with Gasteiger partial charge < -0.3 is 10.1 Å². The molecule has 0 atom stereocenters. The van der Waals surface area contributed by atoms with E-state index in [0.717, 1.165) is 29.0 Å². The van der Waals surface area contributed by atoms with Crippen molar-refractivity contribution in [2.24, 2.45) is 0 Å². The summed E-state index contributed by atoms with van der Waals surface area (Å²) < 4.78 is 5.45. The maximum Gasteiger partial charge on any atom is 0.238 e. The molecule has 0 aliphatic carbocycles. The highest BCUT2D eigenvalue weighted by molar-refractivity contribution is 5.93. The van der Waals surface area contributed by atoms with Gasteiger partial charge in [-0.3, -0.25) is 9.69 Å². The van der Waals surface area contributed by atoms with Gasteiger partial charge in [-0.1, -0.05) is 66.2 Å². The molecule has 0 radical (unpaired) electrons. The average Bonchev–Trinajstić information content (AvgIpc) is 2.70. The number of likely N-dealkylation sites (N-methyl/N-ethyl adjacent to an activating group) is 1. The number of aryl methyl sites for hydroxylation is 1. The van der Waals surface area contributed by atoms with Crippen LogP contribution in [-0.2, 0) is 17.8 Å². The number of anilines is 1. The predicted octanol–water partition coefficient (Wildman–Crippen LogP) is 4.66. The third-order valence-electron chi connectivity index (χ3n) is 4.82. The molecule has 3 aromatic rings. The number of benzene rings is 3. The lowest BCUT2D eigenvalue weighted by molar-refractivity contribution is -0.117. The number of amides is 1. The van der Waals surface area contributed by atoms with Crippen molar-refractivity contribution in [3.05, 3.63) is 95.1 Å². The third-order valence-corrected chi connectivity index (χ3v) is 4.82. The lowest BCUT2D eigenvalue weighted by Gasteiger charge is -2.19. The number of rotatable bonds is 8. The topological polar surface area (TPSA) is 41.6 Å². The number of ether oxygens (including phenoxy) is 1. The second kappa shape index (κ2) is 9.89. The highest BCUT2D eigenvalue weighted by Crippen LogP contribution is 2.22. The van der Waals surface area contributed by atoms with Gasteiger partial charge in [0.05, 0.1) is 13.7 Å². The van der Waals surface area contributed by atoms with Gasteiger partial charge in [-0.05, 0) is 43.7 Å². The van der Waals surface area contributed by atoms with Crippen molar-refractivity contribution in [2.45, 2.75) is 19.9 Å². The monoisotopic (exact) mass is 388 g/mol. The van der Waals surface area contributed by atoms with Crippen LogP contribution in [0.4, 0.5) is 5.69 Å². The minimum absolute atomic E-state index is 0.0281. The molecule has 3 aromatic carbocycles. The first-order valence-electron chi connectivity index (χ1n) is 9.79. The largest absolute Gasteiger partial charge is 0.496 e. The van der Waals surface area contributed by atoms with E-state index in [0.29, 0.717) is 13.1 Å². The van der Waals surface area contributed by atoms with Gasteiger partial charge in [0, 0.05) is 17.8 Å². The molecule has 0 saturated carbocycles. The first-order valence-corrected chi connectivity index (χ1v) is 9.79. The lowest BCUT2D eigenvalue weighted by atomic mass is 10.0. The van der Waals surface area contributed by atoms with Crippen LogP contribution in [0, 0.1) is 6.92 Å². The summed E-state index contributed by atoms with van der Waals surface area (Å²) in [5.74, 6) is 0.815. The van der Waals surface area contributed by atoms with Crippen molar-refractivity contribution < 1.29 is 9.53 Å². The van der Waals surface area contributed by atoms with E-state index in [1.54, 1.807) is 7.11 Å². The van der Waals surface area contributed by atoms with Crippen LogP contribution in [-0.4, -0.2) is 31.5 Å². The summed E-state index contributed by atoms with van der Waals surface area (Å²) in [6.07, 6.45) is 0.785. The first kappa shape index (κ1) is 20.6. The molecule has 0 fully saturated rings. The van der Waals surface area contributed by atoms with Gasteiger partial charge in [0.2, 0.25) is 5.91 Å². The fourth-order valence-electron chi connectivity index (χ4n) is 3.42. The van der Waals surface area contributed by atoms with E-state index in [1.807, 2.05) is 60.5 Å². The van der Waals surface area contributed by atoms with Crippen molar-refractivity contribution in [3.63, 3.8) is 0 Å². The molecular weight excluding hydrogens is 360 g/mol. The molecule has 1 amide bonds. The van der Waals surface area contributed by atoms with E-state index >= 15 is 0 Å². The summed E-state index contributed by atoms with van der Waals surface area (Å²) in [6.45, 7) is 3.00. The van der Waals surface area contributed by atoms with Crippen molar-refractivity contribution in [2.75, 3.05) is 26.0 Å². The molecule has 4 heteroatoms. The number of nitrogens with zero attached hydrogens (tertiary/aromatic N) is 1. The Morgan fingerprint density at radius 3 is 2.45 bits per heavy atom. The SMILES string of the molecule is COc1ccc(C)cc1CN(C)CC(=O)Nc1ccccc1Cc1ccccc1. The number of nitrogens with one attached hydrogen (secondary N) is 1. The van der Waals surface area contributed by atoms with E-state index in [-0.39, 0.29) is 5.91 Å². The van der Waals surface area contributed by atoms with Crippen LogP contribution in [0.2, 0.25) is 0 Å². The molecule has 0 heterocycles. The van der Waals surface area contributed by atoms with Crippen molar-refractivity contribution in [1.82, 2.24) is 4.90 Å². The minimum atomic E-state index is -0.0281. The number of carbonyl (C=O) groups is 1. The van der Waals surface area contributed by atoms with Gasteiger partial charge in [0.1, 0.15) is 5.75 Å². The zero-order chi connectivity index (χ0) is 20.6. The Kier molecular flexibility index (Phi) is 7.04. The van der Waals surface area contributed by atoms with E-state index < -0.39 is 0 Å². The van der Waals surface area contributed by atoms with Gasteiger partial charge >= 0.3 is 0 Å². The molecule has 29 heavy (non-hydrogen) atoms. The molecule has 0 aliphatic rings. The van der Waals surface area contributed by atoms with Gasteiger partial charge in [0.15, 0.2) is 0 Å². The highest BCUT2D eigenvalue weighted by atomic mass is 16.5. The molecule has 0 aromatic heterocycles. The molecule has 0 aliphatic heterocycles. The Hall–Kier alpha value is -3.11. The number of hydrogen-bond donors (Lipinski definition) is 1. The number of carbonyl (C=O) groups excluding carboxylic acids is 1. The molecule has 1 N–H and O–H groups in total. The Morgan fingerprint density at radius 2 is 1.69 bits per heavy atom. The summed E-state index contributed by atoms with van der Waals surface area (Å²) in [6, 6.07) is 24.3. The molecule has 150 valence electrons. The van der Waals surface area contributed by atoms with Gasteiger partial charge in [0.25, 0.3) is 0 Å². The summed E-state index contributed by atoms with van der Waals surface area (Å²) >= 11 is 0. The quantitative estimate of drug-likeness (QED) is 0.610. The lowest BCUT2D eigenvalue weighted by Crippen LogP contribution is -2.30. The standard InChI is InChI=1S/C25H28N2O2/c1-19-13-14-24(29-3)22(15-19)17-27(2)18-25(28)26-23-12-8-7-11-21(23)16-20-9-5-4-6-10-20/h4-15H,16-18H2,1-3H3,(H,26,28). The molecule has 3 rings (SSSR count). The van der Waals surface area contributed by atoms with Crippen molar-refractivity contribution in [3.8, 4) is 5.75 Å². The maximum atomic E-state index is 12.7. The average molecular weight is 389 g/mol. The zero-order valence-corrected chi connectivity index (χ0v) is 17.3. The van der Waals surface area contributed by atoms with Crippen LogP contribution in [0.1, 0.15) is 22.3 Å². The summed E-state index contributed by atoms with van der Waals surface area (Å²) in [5.41, 5.74) is 5.44. The number of para-hydroxylation sites is 1. The second-order valence-corrected chi connectivity index (χ2v) is 7.36. The Balaban J connectivity index is 1.63. The van der Waals surface area contributed by atoms with E-state index in [9.17, 15) is 4.79 Å². The number of hydrogen-bond acceptors (Lipinski definition) is 3. The van der Waals surface area contributed by atoms with Gasteiger partial charge in [-0.25, -0.2) is 0 Å². The Labute approximate surface area is 173 Å². The van der Waals surface area contributed by atoms with Crippen LogP contribution in [0.3, 0.4) is 0 Å². The van der Waals surface area contributed by atoms with Crippen LogP contribution in [0.15, 0.2) is 72.8 Å². The van der Waals surface area contributed by atoms with Gasteiger partial charge in [-0.2, -0.15) is 0 Å². The first-order chi connectivity index (χ1) is 14.0. The smallest absolute Gasteiger partial charge is 0.238 e. The third kappa shape index (κ3) is 5.93. The summed E-state index contributed by atoms with van der Waals surface area (Å²) in [5, 5.41) is 3.08. The second-order valence-electron chi connectivity index (χ2n) is 7.36. The zero-order valence-electron chi connectivity index (χ0n) is 17.3. The normalized spacial score (nSPS) is 10.8. The van der Waals surface area contributed by atoms with Crippen LogP contribution in [0.25, 0.3) is 0 Å². The number of methoxy groups -OCH3 is 1. The summed E-state index contributed by atoms with van der Waals surface area (Å²) in [7, 11) is 3.61. The van der Waals surface area contributed by atoms with E-state index in [1.165, 1.54) is 11.1 Å². The minimum Gasteiger partial charge on any atom is -0.496 e. The summed E-state index contributed by atoms with van der Waals surface area (Å²) in [4.78, 5) is 14.6. The van der Waals surface area contributed by atoms with Crippen molar-refractivity contribution in [1.29, 1.82) is 0 Å². The molecule has 4 nitrogen and oxygen atoms in total. The Morgan fingerprint density at radius 1 is 0.966 bits per heavy atom. The van der Waals surface area contributed by atoms with E-state index in [4.69, 9.17) is 4.74 Å². The molecule has 0 unspecified atom stereocenters. The van der Waals surface area contributed by atoms with Crippen LogP contribution in [0.5, 0.6) is 5.75 Å². The Bertz CT molecular complexity index is 954. The molecule has 0 bridgehead atoms. The molecular formula is C25H28N2O2. The van der Waals surface area contributed by atoms with Crippen LogP contribution < -0.4 is 10.1 Å². The van der Waals surface area contributed by atoms with Crippen LogP contribution >= 0.6 is 0 Å². The highest BCUT2D eigenvalue weighted by Gasteiger charge is 2.12. The maximum absolute atomic E-state index is 12.7. The van der Waals surface area contributed by atoms with Gasteiger partial charge in [-0.15, -0.1) is 0 Å². The predicted molar refractivity (Wildman–Crippen MR) is 118 cm³/mol.